The molecule has 0 bridgehead atoms. The lowest BCUT2D eigenvalue weighted by atomic mass is 10.0. The van der Waals surface area contributed by atoms with Gasteiger partial charge in [-0.1, -0.05) is 42.5 Å². The van der Waals surface area contributed by atoms with Crippen molar-refractivity contribution in [3.05, 3.63) is 95.3 Å². The molecule has 6 rings (SSSR count). The summed E-state index contributed by atoms with van der Waals surface area (Å²) in [7, 11) is 0. The number of ketones is 2. The van der Waals surface area contributed by atoms with Gasteiger partial charge in [-0.15, -0.1) is 0 Å². The number of carbonyl (C=O) groups excluding carboxylic acids is 2. The highest BCUT2D eigenvalue weighted by molar-refractivity contribution is 6.42. The summed E-state index contributed by atoms with van der Waals surface area (Å²) in [6, 6.07) is 22.3. The Balaban J connectivity index is 1.39. The van der Waals surface area contributed by atoms with Crippen LogP contribution in [0.25, 0.3) is 39.6 Å². The van der Waals surface area contributed by atoms with Gasteiger partial charge in [0.05, 0.1) is 5.57 Å². The van der Waals surface area contributed by atoms with Gasteiger partial charge < -0.3 is 8.83 Å². The lowest BCUT2D eigenvalue weighted by Gasteiger charge is -2.00. The molecule has 0 unspecified atom stereocenters. The largest absolute Gasteiger partial charge is 0.436 e. The maximum Gasteiger partial charge on any atom is 0.266 e. The zero-order valence-corrected chi connectivity index (χ0v) is 15.6. The van der Waals surface area contributed by atoms with E-state index in [1.807, 2.05) is 54.6 Å². The Bertz CT molecular complexity index is 1430. The minimum atomic E-state index is -0.299. The summed E-state index contributed by atoms with van der Waals surface area (Å²) < 4.78 is 11.5. The van der Waals surface area contributed by atoms with E-state index in [-0.39, 0.29) is 17.1 Å². The number of fused-ring (bicyclic) bond motifs is 3. The quantitative estimate of drug-likeness (QED) is 0.285. The van der Waals surface area contributed by atoms with Crippen molar-refractivity contribution in [2.24, 2.45) is 0 Å². The summed E-state index contributed by atoms with van der Waals surface area (Å²) >= 11 is 0. The normalized spacial score (nSPS) is 13.4. The van der Waals surface area contributed by atoms with E-state index < -0.39 is 0 Å². The van der Waals surface area contributed by atoms with Crippen LogP contribution in [-0.2, 0) is 0 Å². The molecule has 3 aromatic carbocycles. The highest BCUT2D eigenvalue weighted by Gasteiger charge is 2.33. The fraction of sp³-hybridized carbons (Fsp3) is 0. The number of Topliss-reactive ketones (excluding diaryl/α,β-unsaturated/α-hetero) is 2. The highest BCUT2D eigenvalue weighted by atomic mass is 16.4. The third kappa shape index (κ3) is 2.46. The number of nitrogens with zero attached hydrogens (tertiary/aromatic N) is 1. The van der Waals surface area contributed by atoms with E-state index in [2.05, 4.69) is 4.98 Å². The Morgan fingerprint density at radius 3 is 2.00 bits per heavy atom. The molecule has 2 heterocycles. The SMILES string of the molecule is O=C1C(=Cc2cc3oc(-c4ccccc4)nc3o2)C(=O)c2cc3ccccc3cc21. The van der Waals surface area contributed by atoms with Crippen LogP contribution >= 0.6 is 0 Å². The number of benzene rings is 3. The van der Waals surface area contributed by atoms with Crippen LogP contribution < -0.4 is 0 Å². The summed E-state index contributed by atoms with van der Waals surface area (Å²) in [5.41, 5.74) is 2.55. The summed E-state index contributed by atoms with van der Waals surface area (Å²) in [5.74, 6) is 0.207. The van der Waals surface area contributed by atoms with Crippen molar-refractivity contribution in [1.82, 2.24) is 4.98 Å². The lowest BCUT2D eigenvalue weighted by molar-refractivity contribution is 0.0990. The Labute approximate surface area is 170 Å². The maximum atomic E-state index is 12.9. The van der Waals surface area contributed by atoms with Crippen molar-refractivity contribution < 1.29 is 18.4 Å². The Hall–Kier alpha value is -4.25. The molecule has 0 saturated heterocycles. The average molecular weight is 391 g/mol. The van der Waals surface area contributed by atoms with Crippen LogP contribution in [0.5, 0.6) is 0 Å². The molecule has 0 radical (unpaired) electrons. The van der Waals surface area contributed by atoms with E-state index >= 15 is 0 Å². The number of furan rings is 1. The Morgan fingerprint density at radius 1 is 0.733 bits per heavy atom. The van der Waals surface area contributed by atoms with E-state index in [9.17, 15) is 9.59 Å². The van der Waals surface area contributed by atoms with Crippen molar-refractivity contribution in [2.45, 2.75) is 0 Å². The molecule has 0 saturated carbocycles. The van der Waals surface area contributed by atoms with Crippen LogP contribution in [0.2, 0.25) is 0 Å². The van der Waals surface area contributed by atoms with Crippen molar-refractivity contribution in [3.8, 4) is 11.5 Å². The van der Waals surface area contributed by atoms with Gasteiger partial charge in [0.25, 0.3) is 5.71 Å². The van der Waals surface area contributed by atoms with Gasteiger partial charge in [0.2, 0.25) is 5.89 Å². The summed E-state index contributed by atoms with van der Waals surface area (Å²) in [6.07, 6.45) is 1.47. The molecule has 142 valence electrons. The first-order valence-electron chi connectivity index (χ1n) is 9.47. The molecular formula is C25H13NO4. The molecule has 1 aliphatic rings. The van der Waals surface area contributed by atoms with Crippen molar-refractivity contribution in [1.29, 1.82) is 0 Å². The highest BCUT2D eigenvalue weighted by Crippen LogP contribution is 2.33. The monoisotopic (exact) mass is 391 g/mol. The molecule has 2 aromatic heterocycles. The van der Waals surface area contributed by atoms with Gasteiger partial charge >= 0.3 is 0 Å². The first-order valence-corrected chi connectivity index (χ1v) is 9.47. The van der Waals surface area contributed by atoms with Crippen molar-refractivity contribution in [2.75, 3.05) is 0 Å². The summed E-state index contributed by atoms with van der Waals surface area (Å²) in [4.78, 5) is 30.1. The van der Waals surface area contributed by atoms with Crippen molar-refractivity contribution >= 4 is 39.7 Å². The van der Waals surface area contributed by atoms with Gasteiger partial charge in [-0.2, -0.15) is 4.98 Å². The second kappa shape index (κ2) is 6.12. The fourth-order valence-electron chi connectivity index (χ4n) is 3.81. The van der Waals surface area contributed by atoms with Gasteiger partial charge in [-0.25, -0.2) is 0 Å². The minimum absolute atomic E-state index is 0.0833. The predicted octanol–water partition coefficient (Wildman–Crippen LogP) is 5.70. The molecule has 1 aliphatic carbocycles. The zero-order valence-electron chi connectivity index (χ0n) is 15.6. The zero-order chi connectivity index (χ0) is 20.2. The minimum Gasteiger partial charge on any atom is -0.436 e. The Morgan fingerprint density at radius 2 is 1.37 bits per heavy atom. The number of oxazole rings is 1. The maximum absolute atomic E-state index is 12.9. The summed E-state index contributed by atoms with van der Waals surface area (Å²) in [6.45, 7) is 0. The second-order valence-electron chi connectivity index (χ2n) is 7.16. The number of aromatic nitrogens is 1. The first-order chi connectivity index (χ1) is 14.7. The Kier molecular flexibility index (Phi) is 3.40. The third-order valence-corrected chi connectivity index (χ3v) is 5.28. The molecule has 0 N–H and O–H groups in total. The number of rotatable bonds is 2. The van der Waals surface area contributed by atoms with E-state index in [0.717, 1.165) is 16.3 Å². The van der Waals surface area contributed by atoms with E-state index in [1.165, 1.54) is 6.08 Å². The van der Waals surface area contributed by atoms with Crippen LogP contribution in [0.15, 0.2) is 87.2 Å². The van der Waals surface area contributed by atoms with Crippen LogP contribution in [0, 0.1) is 0 Å². The molecule has 0 spiro atoms. The molecule has 0 amide bonds. The van der Waals surface area contributed by atoms with Crippen LogP contribution in [0.1, 0.15) is 26.5 Å². The number of allylic oxidation sites excluding steroid dienone is 1. The van der Waals surface area contributed by atoms with E-state index in [4.69, 9.17) is 8.83 Å². The lowest BCUT2D eigenvalue weighted by Crippen LogP contribution is -1.99. The standard InChI is InChI=1S/C25H13NO4/c27-22-18-10-15-8-4-5-9-16(15)11-19(18)23(28)20(22)12-17-13-21-25(29-17)26-24(30-21)14-6-2-1-3-7-14/h1-13H. The molecule has 5 nitrogen and oxygen atoms in total. The molecule has 5 heteroatoms. The van der Waals surface area contributed by atoms with Gasteiger partial charge in [-0.3, -0.25) is 9.59 Å². The first kappa shape index (κ1) is 16.7. The third-order valence-electron chi connectivity index (χ3n) is 5.28. The molecule has 5 aromatic rings. The van der Waals surface area contributed by atoms with E-state index in [0.29, 0.717) is 34.1 Å². The molecule has 0 aliphatic heterocycles. The molecule has 0 atom stereocenters. The van der Waals surface area contributed by atoms with Crippen LogP contribution in [0.3, 0.4) is 0 Å². The smallest absolute Gasteiger partial charge is 0.266 e. The topological polar surface area (TPSA) is 73.3 Å². The molecule has 0 fully saturated rings. The fourth-order valence-corrected chi connectivity index (χ4v) is 3.81. The molecular weight excluding hydrogens is 378 g/mol. The van der Waals surface area contributed by atoms with Gasteiger partial charge in [0.1, 0.15) is 5.76 Å². The summed E-state index contributed by atoms with van der Waals surface area (Å²) in [5, 5.41) is 1.85. The van der Waals surface area contributed by atoms with Crippen LogP contribution in [0.4, 0.5) is 0 Å². The van der Waals surface area contributed by atoms with Gasteiger partial charge in [0, 0.05) is 22.8 Å². The number of hydrogen-bond acceptors (Lipinski definition) is 5. The average Bonchev–Trinajstić information content (AvgIpc) is 3.41. The van der Waals surface area contributed by atoms with Crippen molar-refractivity contribution in [3.63, 3.8) is 0 Å². The predicted molar refractivity (Wildman–Crippen MR) is 112 cm³/mol. The number of carbonyl (C=O) groups is 2. The molecule has 30 heavy (non-hydrogen) atoms. The van der Waals surface area contributed by atoms with Crippen LogP contribution in [-0.4, -0.2) is 16.6 Å². The number of hydrogen-bond donors (Lipinski definition) is 0. The van der Waals surface area contributed by atoms with Gasteiger partial charge in [-0.05, 0) is 41.1 Å². The van der Waals surface area contributed by atoms with E-state index in [1.54, 1.807) is 18.2 Å². The van der Waals surface area contributed by atoms with Gasteiger partial charge in [0.15, 0.2) is 17.1 Å². The second-order valence-corrected chi connectivity index (χ2v) is 7.16.